The molecule has 54 valence electrons. The van der Waals surface area contributed by atoms with Crippen molar-refractivity contribution in [2.75, 3.05) is 13.2 Å². The molecule has 0 aromatic heterocycles. The van der Waals surface area contributed by atoms with Crippen LogP contribution in [0, 0.1) is 0 Å². The lowest BCUT2D eigenvalue weighted by Crippen LogP contribution is -2.15. The summed E-state index contributed by atoms with van der Waals surface area (Å²) in [5.74, 6) is 0. The molecule has 3 N–H and O–H groups in total. The van der Waals surface area contributed by atoms with Gasteiger partial charge in [0.1, 0.15) is 6.10 Å². The van der Waals surface area contributed by atoms with Crippen LogP contribution in [0.1, 0.15) is 7.43 Å². The molecule has 3 nitrogen and oxygen atoms in total. The van der Waals surface area contributed by atoms with Gasteiger partial charge in [-0.3, -0.25) is 0 Å². The Bertz CT molecular complexity index is 30.5. The number of aliphatic hydroxyl groups is 3. The Balaban J connectivity index is -0.000000125. The SMILES string of the molecule is C.OCC(O)CO.P. The first-order valence-corrected chi connectivity index (χ1v) is 1.71. The van der Waals surface area contributed by atoms with E-state index in [2.05, 4.69) is 0 Å². The first kappa shape index (κ1) is 15.7. The summed E-state index contributed by atoms with van der Waals surface area (Å²) >= 11 is 0. The van der Waals surface area contributed by atoms with Crippen molar-refractivity contribution in [2.24, 2.45) is 0 Å². The highest BCUT2D eigenvalue weighted by molar-refractivity contribution is 6.92. The maximum Gasteiger partial charge on any atom is 0.100 e. The summed E-state index contributed by atoms with van der Waals surface area (Å²) in [6, 6.07) is 0. The van der Waals surface area contributed by atoms with E-state index in [4.69, 9.17) is 15.3 Å². The van der Waals surface area contributed by atoms with Crippen LogP contribution in [0.5, 0.6) is 0 Å². The maximum atomic E-state index is 8.17. The van der Waals surface area contributed by atoms with Crippen LogP contribution in [0.3, 0.4) is 0 Å². The van der Waals surface area contributed by atoms with Gasteiger partial charge in [-0.05, 0) is 0 Å². The van der Waals surface area contributed by atoms with E-state index in [0.717, 1.165) is 0 Å². The van der Waals surface area contributed by atoms with Gasteiger partial charge in [-0.1, -0.05) is 7.43 Å². The fraction of sp³-hybridized carbons (Fsp3) is 1.00. The van der Waals surface area contributed by atoms with Gasteiger partial charge >= 0.3 is 0 Å². The zero-order chi connectivity index (χ0) is 4.99. The summed E-state index contributed by atoms with van der Waals surface area (Å²) in [6.45, 7) is -0.729. The van der Waals surface area contributed by atoms with Crippen LogP contribution in [0.2, 0.25) is 0 Å². The van der Waals surface area contributed by atoms with Crippen molar-refractivity contribution in [3.8, 4) is 0 Å². The third-order valence-electron chi connectivity index (χ3n) is 0.421. The molecule has 8 heavy (non-hydrogen) atoms. The van der Waals surface area contributed by atoms with Crippen molar-refractivity contribution in [3.05, 3.63) is 0 Å². The van der Waals surface area contributed by atoms with Crippen LogP contribution in [-0.4, -0.2) is 34.6 Å². The lowest BCUT2D eigenvalue weighted by molar-refractivity contribution is 0.0450. The van der Waals surface area contributed by atoms with Gasteiger partial charge in [0.25, 0.3) is 0 Å². The highest BCUT2D eigenvalue weighted by atomic mass is 31.0. The molecule has 0 bridgehead atoms. The minimum Gasteiger partial charge on any atom is -0.394 e. The lowest BCUT2D eigenvalue weighted by atomic mass is 10.4. The Morgan fingerprint density at radius 2 is 1.38 bits per heavy atom. The Kier molecular flexibility index (Phi) is 20.3. The smallest absolute Gasteiger partial charge is 0.100 e. The fourth-order valence-corrected chi connectivity index (χ4v) is 0.0577. The Hall–Kier alpha value is 0.310. The van der Waals surface area contributed by atoms with E-state index in [1.54, 1.807) is 0 Å². The molecule has 4 heteroatoms. The molecule has 0 aromatic rings. The van der Waals surface area contributed by atoms with Crippen LogP contribution in [0.4, 0.5) is 0 Å². The molecule has 0 rings (SSSR count). The lowest BCUT2D eigenvalue weighted by Gasteiger charge is -1.96. The van der Waals surface area contributed by atoms with Crippen LogP contribution in [0.25, 0.3) is 0 Å². The average molecular weight is 142 g/mol. The molecule has 0 amide bonds. The molecule has 0 aliphatic rings. The predicted molar refractivity (Wildman–Crippen MR) is 38.0 cm³/mol. The highest BCUT2D eigenvalue weighted by Gasteiger charge is 1.93. The van der Waals surface area contributed by atoms with Gasteiger partial charge in [0.15, 0.2) is 0 Å². The fourth-order valence-electron chi connectivity index (χ4n) is 0.0577. The summed E-state index contributed by atoms with van der Waals surface area (Å²) < 4.78 is 0. The quantitative estimate of drug-likeness (QED) is 0.434. The largest absolute Gasteiger partial charge is 0.394 e. The number of rotatable bonds is 2. The second-order valence-electron chi connectivity index (χ2n) is 1.02. The van der Waals surface area contributed by atoms with Gasteiger partial charge in [0.2, 0.25) is 0 Å². The van der Waals surface area contributed by atoms with Crippen molar-refractivity contribution >= 4 is 9.90 Å². The summed E-state index contributed by atoms with van der Waals surface area (Å²) in [5.41, 5.74) is 0. The van der Waals surface area contributed by atoms with E-state index < -0.39 is 6.10 Å². The predicted octanol–water partition coefficient (Wildman–Crippen LogP) is -0.974. The molecule has 0 radical (unpaired) electrons. The van der Waals surface area contributed by atoms with Gasteiger partial charge in [0, 0.05) is 0 Å². The topological polar surface area (TPSA) is 60.7 Å². The first-order valence-electron chi connectivity index (χ1n) is 1.71. The molecule has 0 spiro atoms. The van der Waals surface area contributed by atoms with Crippen LogP contribution in [0.15, 0.2) is 0 Å². The molecule has 1 unspecified atom stereocenters. The van der Waals surface area contributed by atoms with Crippen molar-refractivity contribution < 1.29 is 15.3 Å². The number of hydrogen-bond donors (Lipinski definition) is 3. The van der Waals surface area contributed by atoms with E-state index in [1.807, 2.05) is 0 Å². The molecule has 0 fully saturated rings. The molecular weight excluding hydrogens is 127 g/mol. The van der Waals surface area contributed by atoms with Gasteiger partial charge in [-0.2, -0.15) is 9.90 Å². The van der Waals surface area contributed by atoms with Crippen LogP contribution in [-0.2, 0) is 0 Å². The van der Waals surface area contributed by atoms with Gasteiger partial charge in [0.05, 0.1) is 13.2 Å². The Morgan fingerprint density at radius 3 is 1.38 bits per heavy atom. The third-order valence-corrected chi connectivity index (χ3v) is 0.421. The summed E-state index contributed by atoms with van der Waals surface area (Å²) in [5, 5.41) is 24.0. The van der Waals surface area contributed by atoms with Crippen molar-refractivity contribution in [1.82, 2.24) is 0 Å². The zero-order valence-corrected chi connectivity index (χ0v) is 5.45. The molecular formula is C4H15O3P. The van der Waals surface area contributed by atoms with E-state index >= 15 is 0 Å². The molecule has 0 aliphatic carbocycles. The first-order chi connectivity index (χ1) is 2.81. The standard InChI is InChI=1S/C3H8O3.CH4.H3P/c4-1-3(6)2-5;;/h3-6H,1-2H2;1H4;1H3. The second kappa shape index (κ2) is 10.3. The average Bonchev–Trinajstić information content (AvgIpc) is 1.65. The number of aliphatic hydroxyl groups excluding tert-OH is 3. The van der Waals surface area contributed by atoms with E-state index in [-0.39, 0.29) is 30.5 Å². The minimum absolute atomic E-state index is 0. The summed E-state index contributed by atoms with van der Waals surface area (Å²) in [4.78, 5) is 0. The van der Waals surface area contributed by atoms with Crippen LogP contribution >= 0.6 is 9.90 Å². The Morgan fingerprint density at radius 1 is 1.12 bits per heavy atom. The normalized spacial score (nSPS) is 7.50. The summed E-state index contributed by atoms with van der Waals surface area (Å²) in [6.07, 6.45) is -0.954. The van der Waals surface area contributed by atoms with Crippen LogP contribution < -0.4 is 0 Å². The molecule has 0 saturated heterocycles. The number of hydrogen-bond acceptors (Lipinski definition) is 3. The van der Waals surface area contributed by atoms with Gasteiger partial charge < -0.3 is 15.3 Å². The van der Waals surface area contributed by atoms with Gasteiger partial charge in [-0.15, -0.1) is 0 Å². The monoisotopic (exact) mass is 142 g/mol. The van der Waals surface area contributed by atoms with E-state index in [0.29, 0.717) is 0 Å². The Labute approximate surface area is 53.0 Å². The zero-order valence-electron chi connectivity index (χ0n) is 4.04. The molecule has 0 aromatic carbocycles. The minimum atomic E-state index is -0.954. The van der Waals surface area contributed by atoms with Crippen molar-refractivity contribution in [3.63, 3.8) is 0 Å². The third kappa shape index (κ3) is 9.58. The van der Waals surface area contributed by atoms with Crippen molar-refractivity contribution in [2.45, 2.75) is 13.5 Å². The second-order valence-corrected chi connectivity index (χ2v) is 1.02. The van der Waals surface area contributed by atoms with Crippen molar-refractivity contribution in [1.29, 1.82) is 0 Å². The maximum absolute atomic E-state index is 8.17. The van der Waals surface area contributed by atoms with E-state index in [9.17, 15) is 0 Å². The molecule has 0 heterocycles. The van der Waals surface area contributed by atoms with Gasteiger partial charge in [-0.25, -0.2) is 0 Å². The summed E-state index contributed by atoms with van der Waals surface area (Å²) in [7, 11) is 0. The molecule has 0 saturated carbocycles. The molecule has 0 aliphatic heterocycles. The molecule has 1 atom stereocenters. The van der Waals surface area contributed by atoms with E-state index in [1.165, 1.54) is 0 Å². The highest BCUT2D eigenvalue weighted by Crippen LogP contribution is 1.71.